The molecule has 4 rings (SSSR count). The maximum absolute atomic E-state index is 12.9. The fourth-order valence-electron chi connectivity index (χ4n) is 6.02. The molecule has 5 atom stereocenters. The maximum atomic E-state index is 12.9. The Hall–Kier alpha value is -2.29. The van der Waals surface area contributed by atoms with Crippen molar-refractivity contribution in [1.82, 2.24) is 5.32 Å². The smallest absolute Gasteiger partial charge is 0.226 e. The molecule has 30 heavy (non-hydrogen) atoms. The number of benzene rings is 2. The van der Waals surface area contributed by atoms with Gasteiger partial charge in [-0.05, 0) is 88.1 Å². The summed E-state index contributed by atoms with van der Waals surface area (Å²) >= 11 is 0. The summed E-state index contributed by atoms with van der Waals surface area (Å²) < 4.78 is 5.92. The Balaban J connectivity index is 1.79. The lowest BCUT2D eigenvalue weighted by atomic mass is 9.55. The van der Waals surface area contributed by atoms with E-state index in [1.807, 2.05) is 0 Å². The van der Waals surface area contributed by atoms with Crippen LogP contribution in [0.2, 0.25) is 0 Å². The molecule has 2 aliphatic rings. The zero-order valence-electron chi connectivity index (χ0n) is 19.2. The van der Waals surface area contributed by atoms with E-state index in [1.54, 1.807) is 0 Å². The number of hydrogen-bond acceptors (Lipinski definition) is 2. The molecule has 3 nitrogen and oxygen atoms in total. The molecular weight excluding hydrogens is 370 g/mol. The molecule has 1 aliphatic heterocycles. The number of nitrogens with one attached hydrogen (secondary N) is 1. The molecule has 0 aromatic heterocycles. The number of carbonyl (C=O) groups is 1. The number of carbonyl (C=O) groups excluding carboxylic acids is 1. The van der Waals surface area contributed by atoms with E-state index in [4.69, 9.17) is 4.74 Å². The number of ether oxygens (including phenoxy) is 1. The van der Waals surface area contributed by atoms with Crippen molar-refractivity contribution in [2.45, 2.75) is 78.4 Å². The Morgan fingerprint density at radius 3 is 2.43 bits per heavy atom. The lowest BCUT2D eigenvalue weighted by Gasteiger charge is -2.46. The van der Waals surface area contributed by atoms with Gasteiger partial charge < -0.3 is 10.1 Å². The highest BCUT2D eigenvalue weighted by molar-refractivity contribution is 5.86. The quantitative estimate of drug-likeness (QED) is 0.688. The summed E-state index contributed by atoms with van der Waals surface area (Å²) in [4.78, 5) is 12.9. The van der Waals surface area contributed by atoms with Gasteiger partial charge in [0.25, 0.3) is 0 Å². The van der Waals surface area contributed by atoms with Crippen LogP contribution in [0.4, 0.5) is 0 Å². The van der Waals surface area contributed by atoms with E-state index < -0.39 is 0 Å². The number of amides is 1. The minimum Gasteiger partial charge on any atom is -0.491 e. The van der Waals surface area contributed by atoms with Crippen LogP contribution >= 0.6 is 0 Å². The highest BCUT2D eigenvalue weighted by Gasteiger charge is 2.57. The van der Waals surface area contributed by atoms with Crippen molar-refractivity contribution < 1.29 is 9.53 Å². The largest absolute Gasteiger partial charge is 0.491 e. The fourth-order valence-corrected chi connectivity index (χ4v) is 6.02. The van der Waals surface area contributed by atoms with Crippen LogP contribution in [0, 0.1) is 25.2 Å². The second kappa shape index (κ2) is 7.76. The minimum atomic E-state index is -0.292. The van der Waals surface area contributed by atoms with Gasteiger partial charge in [-0.15, -0.1) is 0 Å². The van der Waals surface area contributed by atoms with Gasteiger partial charge in [0.2, 0.25) is 5.91 Å². The van der Waals surface area contributed by atoms with Crippen molar-refractivity contribution >= 4 is 5.91 Å². The number of hydrogen-bond donors (Lipinski definition) is 1. The Morgan fingerprint density at radius 2 is 1.80 bits per heavy atom. The van der Waals surface area contributed by atoms with Crippen LogP contribution in [0.25, 0.3) is 0 Å². The van der Waals surface area contributed by atoms with Gasteiger partial charge in [-0.3, -0.25) is 4.79 Å². The molecule has 2 aromatic carbocycles. The van der Waals surface area contributed by atoms with Crippen LogP contribution in [0.3, 0.4) is 0 Å². The third-order valence-electron chi connectivity index (χ3n) is 7.42. The summed E-state index contributed by atoms with van der Waals surface area (Å²) in [6.45, 7) is 12.8. The van der Waals surface area contributed by atoms with Gasteiger partial charge >= 0.3 is 0 Å². The van der Waals surface area contributed by atoms with Crippen molar-refractivity contribution in [3.8, 4) is 5.75 Å². The zero-order valence-corrected chi connectivity index (χ0v) is 19.2. The minimum absolute atomic E-state index is 0.169. The molecule has 3 heteroatoms. The second-order valence-corrected chi connectivity index (χ2v) is 9.97. The highest BCUT2D eigenvalue weighted by Crippen LogP contribution is 2.58. The normalized spacial score (nSPS) is 30.8. The van der Waals surface area contributed by atoms with Gasteiger partial charge in [0, 0.05) is 12.0 Å². The lowest BCUT2D eigenvalue weighted by molar-refractivity contribution is -0.129. The van der Waals surface area contributed by atoms with Crippen LogP contribution in [0.5, 0.6) is 5.75 Å². The average Bonchev–Trinajstić information content (AvgIpc) is 2.91. The summed E-state index contributed by atoms with van der Waals surface area (Å²) in [6.07, 6.45) is 2.13. The number of aryl methyl sites for hydroxylation is 2. The lowest BCUT2D eigenvalue weighted by Crippen LogP contribution is -2.42. The molecule has 2 aromatic rings. The first kappa shape index (κ1) is 21.0. The van der Waals surface area contributed by atoms with Crippen LogP contribution in [0.15, 0.2) is 42.5 Å². The summed E-state index contributed by atoms with van der Waals surface area (Å²) in [6, 6.07) is 15.7. The van der Waals surface area contributed by atoms with E-state index in [0.29, 0.717) is 11.8 Å². The van der Waals surface area contributed by atoms with Crippen molar-refractivity contribution in [3.63, 3.8) is 0 Å². The fraction of sp³-hybridized carbons (Fsp3) is 0.519. The van der Waals surface area contributed by atoms with Crippen molar-refractivity contribution in [2.75, 3.05) is 0 Å². The standard InChI is InChI=1S/C27H35NO2/c1-16(2)30-21-11-12-22(18(4)15-21)23-13-14-27(6)25(19(5)28-26(27)29)24(23)20-9-7-17(3)8-10-20/h7-12,15-16,19,23-25H,13-14H2,1-6H3,(H,28,29)/t19-,23+,24+,25+,27-/m1/s1. The molecule has 1 saturated heterocycles. The first-order chi connectivity index (χ1) is 14.2. The van der Waals surface area contributed by atoms with Gasteiger partial charge in [-0.25, -0.2) is 0 Å². The van der Waals surface area contributed by atoms with Crippen LogP contribution in [0.1, 0.15) is 74.6 Å². The Kier molecular flexibility index (Phi) is 5.42. The Labute approximate surface area is 181 Å². The molecule has 1 saturated carbocycles. The van der Waals surface area contributed by atoms with Crippen LogP contribution in [-0.4, -0.2) is 18.1 Å². The number of fused-ring (bicyclic) bond motifs is 1. The van der Waals surface area contributed by atoms with Gasteiger partial charge in [0.05, 0.1) is 11.5 Å². The van der Waals surface area contributed by atoms with E-state index in [2.05, 4.69) is 89.3 Å². The zero-order chi connectivity index (χ0) is 21.6. The van der Waals surface area contributed by atoms with E-state index >= 15 is 0 Å². The van der Waals surface area contributed by atoms with Crippen molar-refractivity contribution in [2.24, 2.45) is 11.3 Å². The molecule has 0 spiro atoms. The average molecular weight is 406 g/mol. The van der Waals surface area contributed by atoms with Crippen molar-refractivity contribution in [1.29, 1.82) is 0 Å². The van der Waals surface area contributed by atoms with Gasteiger partial charge in [0.1, 0.15) is 5.75 Å². The van der Waals surface area contributed by atoms with E-state index in [1.165, 1.54) is 22.3 Å². The van der Waals surface area contributed by atoms with Crippen LogP contribution in [-0.2, 0) is 4.79 Å². The monoisotopic (exact) mass is 405 g/mol. The molecular formula is C27H35NO2. The first-order valence-corrected chi connectivity index (χ1v) is 11.4. The molecule has 160 valence electrons. The predicted octanol–water partition coefficient (Wildman–Crippen LogP) is 5.89. The van der Waals surface area contributed by atoms with E-state index in [0.717, 1.165) is 18.6 Å². The maximum Gasteiger partial charge on any atom is 0.226 e. The third-order valence-corrected chi connectivity index (χ3v) is 7.42. The second-order valence-electron chi connectivity index (χ2n) is 9.97. The third kappa shape index (κ3) is 3.53. The van der Waals surface area contributed by atoms with Gasteiger partial charge in [-0.2, -0.15) is 0 Å². The Morgan fingerprint density at radius 1 is 1.10 bits per heavy atom. The van der Waals surface area contributed by atoms with Gasteiger partial charge in [-0.1, -0.05) is 42.8 Å². The first-order valence-electron chi connectivity index (χ1n) is 11.4. The molecule has 1 N–H and O–H groups in total. The molecule has 2 fully saturated rings. The summed E-state index contributed by atoms with van der Waals surface area (Å²) in [5, 5.41) is 3.27. The summed E-state index contributed by atoms with van der Waals surface area (Å²) in [5.41, 5.74) is 5.01. The van der Waals surface area contributed by atoms with E-state index in [-0.39, 0.29) is 29.4 Å². The molecule has 0 unspecified atom stereocenters. The highest BCUT2D eigenvalue weighted by atomic mass is 16.5. The molecule has 1 aliphatic carbocycles. The van der Waals surface area contributed by atoms with Gasteiger partial charge in [0.15, 0.2) is 0 Å². The van der Waals surface area contributed by atoms with Crippen LogP contribution < -0.4 is 10.1 Å². The molecule has 0 bridgehead atoms. The topological polar surface area (TPSA) is 38.3 Å². The molecule has 1 heterocycles. The summed E-state index contributed by atoms with van der Waals surface area (Å²) in [7, 11) is 0. The number of rotatable bonds is 4. The van der Waals surface area contributed by atoms with E-state index in [9.17, 15) is 4.79 Å². The summed E-state index contributed by atoms with van der Waals surface area (Å²) in [5.74, 6) is 2.16. The molecule has 1 amide bonds. The predicted molar refractivity (Wildman–Crippen MR) is 122 cm³/mol. The Bertz CT molecular complexity index is 932. The SMILES string of the molecule is Cc1ccc([C@@H]2[C@@H]3[C@@H](C)NC(=O)[C@]3(C)CC[C@H]2c2ccc(OC(C)C)cc2C)cc1. The van der Waals surface area contributed by atoms with Crippen molar-refractivity contribution in [3.05, 3.63) is 64.7 Å². The molecule has 0 radical (unpaired) electrons.